The second-order valence-corrected chi connectivity index (χ2v) is 5.77. The Morgan fingerprint density at radius 2 is 1.84 bits per heavy atom. The van der Waals surface area contributed by atoms with E-state index in [-0.39, 0.29) is 5.79 Å². The fraction of sp³-hybridized carbons (Fsp3) is 0.625. The Kier molecular flexibility index (Phi) is 3.61. The maximum atomic E-state index is 6.15. The molecule has 0 N–H and O–H groups in total. The van der Waals surface area contributed by atoms with E-state index in [4.69, 9.17) is 14.2 Å². The molecule has 1 aromatic rings. The molecule has 1 spiro atoms. The third-order valence-corrected chi connectivity index (χ3v) is 4.00. The third kappa shape index (κ3) is 2.99. The van der Waals surface area contributed by atoms with E-state index in [9.17, 15) is 0 Å². The Morgan fingerprint density at radius 3 is 2.58 bits per heavy atom. The van der Waals surface area contributed by atoms with E-state index in [0.717, 1.165) is 18.4 Å². The van der Waals surface area contributed by atoms with Crippen LogP contribution >= 0.6 is 0 Å². The van der Waals surface area contributed by atoms with Crippen molar-refractivity contribution in [1.29, 1.82) is 0 Å². The summed E-state index contributed by atoms with van der Waals surface area (Å²) in [7, 11) is 0. The lowest BCUT2D eigenvalue weighted by Gasteiger charge is -2.33. The van der Waals surface area contributed by atoms with Gasteiger partial charge in [0.25, 0.3) is 0 Å². The third-order valence-electron chi connectivity index (χ3n) is 4.00. The SMILES string of the molecule is CC1(OCc2ccccc2)COC2(CCCCC2)O1. The number of ether oxygens (including phenoxy) is 3. The zero-order chi connectivity index (χ0) is 13.2. The Morgan fingerprint density at radius 1 is 1.11 bits per heavy atom. The van der Waals surface area contributed by atoms with E-state index in [1.54, 1.807) is 0 Å². The lowest BCUT2D eigenvalue weighted by atomic mass is 9.94. The van der Waals surface area contributed by atoms with E-state index in [1.807, 2.05) is 25.1 Å². The second-order valence-electron chi connectivity index (χ2n) is 5.77. The van der Waals surface area contributed by atoms with Gasteiger partial charge in [0, 0.05) is 12.8 Å². The molecule has 1 saturated carbocycles. The highest BCUT2D eigenvalue weighted by Crippen LogP contribution is 2.42. The summed E-state index contributed by atoms with van der Waals surface area (Å²) in [5.74, 6) is -0.975. The van der Waals surface area contributed by atoms with Gasteiger partial charge >= 0.3 is 0 Å². The summed E-state index contributed by atoms with van der Waals surface area (Å²) in [6.45, 7) is 3.08. The Hall–Kier alpha value is -0.900. The van der Waals surface area contributed by atoms with Crippen molar-refractivity contribution in [3.05, 3.63) is 35.9 Å². The van der Waals surface area contributed by atoms with Crippen LogP contribution in [0.2, 0.25) is 0 Å². The van der Waals surface area contributed by atoms with Crippen LogP contribution in [-0.4, -0.2) is 18.2 Å². The number of benzene rings is 1. The molecule has 0 radical (unpaired) electrons. The molecule has 2 aliphatic rings. The molecule has 3 heteroatoms. The van der Waals surface area contributed by atoms with E-state index in [0.29, 0.717) is 13.2 Å². The first-order chi connectivity index (χ1) is 9.20. The molecule has 0 aromatic heterocycles. The van der Waals surface area contributed by atoms with Gasteiger partial charge in [-0.1, -0.05) is 36.8 Å². The molecule has 1 aliphatic carbocycles. The van der Waals surface area contributed by atoms with Crippen molar-refractivity contribution >= 4 is 0 Å². The van der Waals surface area contributed by atoms with Crippen molar-refractivity contribution in [3.8, 4) is 0 Å². The first-order valence-corrected chi connectivity index (χ1v) is 7.22. The molecule has 0 amide bonds. The van der Waals surface area contributed by atoms with Crippen molar-refractivity contribution < 1.29 is 14.2 Å². The standard InChI is InChI=1S/C16H22O3/c1-15(17-12-14-8-4-2-5-9-14)13-18-16(19-15)10-6-3-7-11-16/h2,4-5,8-9H,3,6-7,10-13H2,1H3. The molecule has 1 aliphatic heterocycles. The molecule has 19 heavy (non-hydrogen) atoms. The Bertz CT molecular complexity index is 411. The molecule has 2 fully saturated rings. The van der Waals surface area contributed by atoms with E-state index < -0.39 is 5.79 Å². The van der Waals surface area contributed by atoms with Gasteiger partial charge in [0.05, 0.1) is 6.61 Å². The molecule has 1 aromatic carbocycles. The van der Waals surface area contributed by atoms with Crippen LogP contribution in [0.4, 0.5) is 0 Å². The number of rotatable bonds is 3. The maximum Gasteiger partial charge on any atom is 0.192 e. The minimum Gasteiger partial charge on any atom is -0.344 e. The van der Waals surface area contributed by atoms with Gasteiger partial charge < -0.3 is 14.2 Å². The van der Waals surface area contributed by atoms with Gasteiger partial charge in [0.1, 0.15) is 6.61 Å². The molecule has 1 unspecified atom stereocenters. The van der Waals surface area contributed by atoms with Gasteiger partial charge in [-0.15, -0.1) is 0 Å². The minimum atomic E-state index is -0.604. The fourth-order valence-electron chi connectivity index (χ4n) is 2.93. The highest BCUT2D eigenvalue weighted by Gasteiger charge is 2.49. The van der Waals surface area contributed by atoms with Gasteiger partial charge in [-0.25, -0.2) is 0 Å². The van der Waals surface area contributed by atoms with Crippen molar-refractivity contribution in [2.75, 3.05) is 6.61 Å². The zero-order valence-electron chi connectivity index (χ0n) is 11.6. The largest absolute Gasteiger partial charge is 0.344 e. The summed E-state index contributed by atoms with van der Waals surface area (Å²) in [5.41, 5.74) is 1.16. The van der Waals surface area contributed by atoms with Gasteiger partial charge in [-0.05, 0) is 25.3 Å². The minimum absolute atomic E-state index is 0.371. The highest BCUT2D eigenvalue weighted by molar-refractivity contribution is 5.13. The Labute approximate surface area is 114 Å². The van der Waals surface area contributed by atoms with Gasteiger partial charge in [-0.3, -0.25) is 0 Å². The summed E-state index contributed by atoms with van der Waals surface area (Å²) in [6.07, 6.45) is 5.66. The van der Waals surface area contributed by atoms with Crippen LogP contribution < -0.4 is 0 Å². The van der Waals surface area contributed by atoms with Crippen molar-refractivity contribution in [3.63, 3.8) is 0 Å². The topological polar surface area (TPSA) is 27.7 Å². The van der Waals surface area contributed by atoms with Crippen LogP contribution in [0.15, 0.2) is 30.3 Å². The summed E-state index contributed by atoms with van der Waals surface area (Å²) in [5, 5.41) is 0. The van der Waals surface area contributed by atoms with Crippen LogP contribution in [0.5, 0.6) is 0 Å². The molecule has 104 valence electrons. The van der Waals surface area contributed by atoms with Crippen LogP contribution in [0.25, 0.3) is 0 Å². The number of hydrogen-bond acceptors (Lipinski definition) is 3. The molecule has 1 heterocycles. The molecule has 3 nitrogen and oxygen atoms in total. The molecular formula is C16H22O3. The zero-order valence-corrected chi connectivity index (χ0v) is 11.6. The Balaban J connectivity index is 1.59. The molecule has 1 atom stereocenters. The van der Waals surface area contributed by atoms with Crippen LogP contribution in [0.1, 0.15) is 44.6 Å². The monoisotopic (exact) mass is 262 g/mol. The number of hydrogen-bond donors (Lipinski definition) is 0. The summed E-state index contributed by atoms with van der Waals surface area (Å²) >= 11 is 0. The van der Waals surface area contributed by atoms with E-state index in [2.05, 4.69) is 12.1 Å². The summed E-state index contributed by atoms with van der Waals surface area (Å²) in [6, 6.07) is 10.2. The summed E-state index contributed by atoms with van der Waals surface area (Å²) in [4.78, 5) is 0. The quantitative estimate of drug-likeness (QED) is 0.832. The first-order valence-electron chi connectivity index (χ1n) is 7.22. The molecular weight excluding hydrogens is 240 g/mol. The molecule has 1 saturated heterocycles. The van der Waals surface area contributed by atoms with Gasteiger partial charge in [-0.2, -0.15) is 0 Å². The van der Waals surface area contributed by atoms with Gasteiger partial charge in [0.2, 0.25) is 0 Å². The maximum absolute atomic E-state index is 6.15. The van der Waals surface area contributed by atoms with E-state index in [1.165, 1.54) is 19.3 Å². The van der Waals surface area contributed by atoms with Crippen LogP contribution in [0, 0.1) is 0 Å². The summed E-state index contributed by atoms with van der Waals surface area (Å²) < 4.78 is 18.0. The van der Waals surface area contributed by atoms with E-state index >= 15 is 0 Å². The first kappa shape index (κ1) is 13.1. The average molecular weight is 262 g/mol. The predicted molar refractivity (Wildman–Crippen MR) is 72.5 cm³/mol. The van der Waals surface area contributed by atoms with Crippen molar-refractivity contribution in [2.24, 2.45) is 0 Å². The smallest absolute Gasteiger partial charge is 0.192 e. The normalized spacial score (nSPS) is 29.7. The lowest BCUT2D eigenvalue weighted by molar-refractivity contribution is -0.270. The predicted octanol–water partition coefficient (Wildman–Crippen LogP) is 3.63. The van der Waals surface area contributed by atoms with Crippen LogP contribution in [0.3, 0.4) is 0 Å². The van der Waals surface area contributed by atoms with Crippen molar-refractivity contribution in [1.82, 2.24) is 0 Å². The van der Waals surface area contributed by atoms with Crippen molar-refractivity contribution in [2.45, 2.75) is 57.2 Å². The van der Waals surface area contributed by atoms with Gasteiger partial charge in [0.15, 0.2) is 11.6 Å². The average Bonchev–Trinajstić information content (AvgIpc) is 2.76. The highest BCUT2D eigenvalue weighted by atomic mass is 16.8. The fourth-order valence-corrected chi connectivity index (χ4v) is 2.93. The molecule has 0 bridgehead atoms. The van der Waals surface area contributed by atoms with Crippen LogP contribution in [-0.2, 0) is 20.8 Å². The second kappa shape index (κ2) is 5.23. The lowest BCUT2D eigenvalue weighted by Crippen LogP contribution is -2.38. The molecule has 3 rings (SSSR count).